The molecule has 3 N–H and O–H groups in total. The maximum Gasteiger partial charge on any atom is 0.282 e. The molecule has 0 saturated heterocycles. The van der Waals surface area contributed by atoms with Gasteiger partial charge in [0.05, 0.1) is 17.4 Å². The number of benzene rings is 2. The van der Waals surface area contributed by atoms with Gasteiger partial charge in [0.2, 0.25) is 5.91 Å². The molecule has 1 heterocycles. The summed E-state index contributed by atoms with van der Waals surface area (Å²) in [6.07, 6.45) is 1.77. The lowest BCUT2D eigenvalue weighted by Gasteiger charge is -2.22. The molecule has 7 nitrogen and oxygen atoms in total. The Bertz CT molecular complexity index is 1040. The molecule has 1 unspecified atom stereocenters. The van der Waals surface area contributed by atoms with Crippen molar-refractivity contribution in [3.8, 4) is 0 Å². The van der Waals surface area contributed by atoms with Crippen molar-refractivity contribution in [2.45, 2.75) is 26.8 Å². The molecule has 0 radical (unpaired) electrons. The number of carbonyl (C=O) groups excluding carboxylic acids is 2. The van der Waals surface area contributed by atoms with Gasteiger partial charge in [-0.2, -0.15) is 0 Å². The number of amides is 2. The van der Waals surface area contributed by atoms with E-state index in [1.807, 2.05) is 63.2 Å². The van der Waals surface area contributed by atoms with E-state index >= 15 is 0 Å². The third-order valence-corrected chi connectivity index (χ3v) is 5.16. The Kier molecular flexibility index (Phi) is 6.56. The molecule has 2 aromatic carbocycles. The van der Waals surface area contributed by atoms with Gasteiger partial charge >= 0.3 is 0 Å². The average Bonchev–Trinajstić information content (AvgIpc) is 3.01. The average molecular weight is 420 g/mol. The normalized spacial score (nSPS) is 16.0. The lowest BCUT2D eigenvalue weighted by atomic mass is 10.0. The summed E-state index contributed by atoms with van der Waals surface area (Å²) in [5, 5.41) is 2.85. The predicted molar refractivity (Wildman–Crippen MR) is 127 cm³/mol. The van der Waals surface area contributed by atoms with Crippen molar-refractivity contribution in [3.05, 3.63) is 59.8 Å². The summed E-state index contributed by atoms with van der Waals surface area (Å²) in [5.41, 5.74) is 9.35. The molecule has 7 heteroatoms. The van der Waals surface area contributed by atoms with Gasteiger partial charge in [-0.15, -0.1) is 0 Å². The number of rotatable bonds is 6. The molecule has 162 valence electrons. The number of hydrogen-bond donors (Lipinski definition) is 2. The summed E-state index contributed by atoms with van der Waals surface area (Å²) in [5.74, 6) is -0.00204. The summed E-state index contributed by atoms with van der Waals surface area (Å²) in [7, 11) is 3.95. The summed E-state index contributed by atoms with van der Waals surface area (Å²) < 4.78 is 0. The monoisotopic (exact) mass is 419 g/mol. The minimum atomic E-state index is -0.641. The molecular formula is C24H29N5O2. The third-order valence-electron chi connectivity index (χ3n) is 5.16. The van der Waals surface area contributed by atoms with Crippen molar-refractivity contribution in [1.82, 2.24) is 0 Å². The lowest BCUT2D eigenvalue weighted by molar-refractivity contribution is -0.118. The molecule has 2 aromatic rings. The molecule has 0 spiro atoms. The number of carbonyl (C=O) groups is 2. The van der Waals surface area contributed by atoms with Crippen LogP contribution in [0.4, 0.5) is 17.1 Å². The van der Waals surface area contributed by atoms with Crippen LogP contribution in [0.2, 0.25) is 0 Å². The third kappa shape index (κ3) is 4.83. The van der Waals surface area contributed by atoms with Crippen LogP contribution < -0.4 is 20.9 Å². The van der Waals surface area contributed by atoms with Crippen molar-refractivity contribution in [2.75, 3.05) is 29.2 Å². The fourth-order valence-corrected chi connectivity index (χ4v) is 3.23. The van der Waals surface area contributed by atoms with Crippen LogP contribution in [0.25, 0.3) is 6.08 Å². The molecule has 1 aliphatic heterocycles. The number of nitrogens with zero attached hydrogens (tertiary/aromatic N) is 3. The van der Waals surface area contributed by atoms with E-state index in [1.165, 1.54) is 4.90 Å². The Balaban J connectivity index is 1.88. The Morgan fingerprint density at radius 3 is 2.39 bits per heavy atom. The van der Waals surface area contributed by atoms with Crippen molar-refractivity contribution in [3.63, 3.8) is 0 Å². The Hall–Kier alpha value is -3.45. The van der Waals surface area contributed by atoms with Gasteiger partial charge in [0.25, 0.3) is 5.91 Å². The highest BCUT2D eigenvalue weighted by atomic mass is 16.2. The molecule has 2 amide bonds. The van der Waals surface area contributed by atoms with Crippen LogP contribution in [0, 0.1) is 5.92 Å². The number of nitrogens with two attached hydrogens (primary N) is 1. The minimum Gasteiger partial charge on any atom is -0.378 e. The molecule has 3 rings (SSSR count). The zero-order valence-corrected chi connectivity index (χ0v) is 18.6. The maximum absolute atomic E-state index is 13.2. The van der Waals surface area contributed by atoms with Crippen LogP contribution in [0.5, 0.6) is 0 Å². The first-order valence-electron chi connectivity index (χ1n) is 10.2. The Labute approximate surface area is 183 Å². The molecule has 0 saturated carbocycles. The number of hydrogen-bond acceptors (Lipinski definition) is 5. The van der Waals surface area contributed by atoms with Gasteiger partial charge in [-0.05, 0) is 48.7 Å². The fourth-order valence-electron chi connectivity index (χ4n) is 3.23. The molecule has 0 bridgehead atoms. The molecular weight excluding hydrogens is 390 g/mol. The first-order valence-corrected chi connectivity index (χ1v) is 10.2. The van der Waals surface area contributed by atoms with Crippen LogP contribution in [-0.4, -0.2) is 37.8 Å². The van der Waals surface area contributed by atoms with Crippen molar-refractivity contribution >= 4 is 40.8 Å². The van der Waals surface area contributed by atoms with Crippen LogP contribution in [0.15, 0.2) is 59.2 Å². The van der Waals surface area contributed by atoms with Gasteiger partial charge in [-0.25, -0.2) is 4.99 Å². The standard InChI is InChI=1S/C24H29N5O2/c1-15(2)22(25)23(30)27-19-8-6-7-9-21(19)29-16(3)26-20(24(29)31)14-17-10-12-18(13-11-17)28(4)5/h6-15,22H,25H2,1-5H3,(H,27,30)/b20-14-. The highest BCUT2D eigenvalue weighted by molar-refractivity contribution is 6.29. The Morgan fingerprint density at radius 2 is 1.77 bits per heavy atom. The van der Waals surface area contributed by atoms with Gasteiger partial charge < -0.3 is 16.0 Å². The highest BCUT2D eigenvalue weighted by Gasteiger charge is 2.31. The smallest absolute Gasteiger partial charge is 0.282 e. The lowest BCUT2D eigenvalue weighted by Crippen LogP contribution is -2.40. The zero-order valence-electron chi connectivity index (χ0n) is 18.6. The quantitative estimate of drug-likeness (QED) is 0.702. The van der Waals surface area contributed by atoms with E-state index in [-0.39, 0.29) is 17.7 Å². The van der Waals surface area contributed by atoms with Crippen LogP contribution in [0.1, 0.15) is 26.3 Å². The zero-order chi connectivity index (χ0) is 22.7. The first-order chi connectivity index (χ1) is 14.7. The molecule has 0 aliphatic carbocycles. The maximum atomic E-state index is 13.2. The molecule has 0 fully saturated rings. The summed E-state index contributed by atoms with van der Waals surface area (Å²) >= 11 is 0. The van der Waals surface area contributed by atoms with Gasteiger partial charge in [0, 0.05) is 19.8 Å². The van der Waals surface area contributed by atoms with E-state index < -0.39 is 6.04 Å². The van der Waals surface area contributed by atoms with Crippen molar-refractivity contribution in [2.24, 2.45) is 16.6 Å². The molecule has 1 atom stereocenters. The van der Waals surface area contributed by atoms with Gasteiger partial charge in [-0.3, -0.25) is 14.5 Å². The topological polar surface area (TPSA) is 91.0 Å². The SMILES string of the molecule is CC1=N/C(=C\c2ccc(N(C)C)cc2)C(=O)N1c1ccccc1NC(=O)C(N)C(C)C. The summed E-state index contributed by atoms with van der Waals surface area (Å²) in [6, 6.07) is 14.4. The second-order valence-electron chi connectivity index (χ2n) is 8.09. The number of amidine groups is 1. The van der Waals surface area contributed by atoms with E-state index in [4.69, 9.17) is 5.73 Å². The number of para-hydroxylation sites is 2. The second kappa shape index (κ2) is 9.14. The predicted octanol–water partition coefficient (Wildman–Crippen LogP) is 3.48. The van der Waals surface area contributed by atoms with Crippen molar-refractivity contribution in [1.29, 1.82) is 0 Å². The fraction of sp³-hybridized carbons (Fsp3) is 0.292. The summed E-state index contributed by atoms with van der Waals surface area (Å²) in [4.78, 5) is 33.6. The van der Waals surface area contributed by atoms with Gasteiger partial charge in [0.15, 0.2) is 0 Å². The van der Waals surface area contributed by atoms with Crippen molar-refractivity contribution < 1.29 is 9.59 Å². The van der Waals surface area contributed by atoms with E-state index in [1.54, 1.807) is 31.2 Å². The second-order valence-corrected chi connectivity index (χ2v) is 8.09. The van der Waals surface area contributed by atoms with Crippen LogP contribution in [0.3, 0.4) is 0 Å². The van der Waals surface area contributed by atoms with Gasteiger partial charge in [0.1, 0.15) is 11.5 Å². The molecule has 31 heavy (non-hydrogen) atoms. The van der Waals surface area contributed by atoms with Gasteiger partial charge in [-0.1, -0.05) is 38.1 Å². The minimum absolute atomic E-state index is 0.00250. The van der Waals surface area contributed by atoms with E-state index in [0.29, 0.717) is 22.9 Å². The van der Waals surface area contributed by atoms with E-state index in [0.717, 1.165) is 11.3 Å². The number of nitrogens with one attached hydrogen (secondary N) is 1. The molecule has 1 aliphatic rings. The van der Waals surface area contributed by atoms with Crippen LogP contribution in [-0.2, 0) is 9.59 Å². The van der Waals surface area contributed by atoms with Crippen LogP contribution >= 0.6 is 0 Å². The molecule has 0 aromatic heterocycles. The largest absolute Gasteiger partial charge is 0.378 e. The summed E-state index contributed by atoms with van der Waals surface area (Å²) in [6.45, 7) is 5.55. The van der Waals surface area contributed by atoms with E-state index in [2.05, 4.69) is 10.3 Å². The number of aliphatic imine (C=N–C) groups is 1. The highest BCUT2D eigenvalue weighted by Crippen LogP contribution is 2.31. The van der Waals surface area contributed by atoms with E-state index in [9.17, 15) is 9.59 Å². The first kappa shape index (κ1) is 22.2. The number of anilines is 3. The Morgan fingerprint density at radius 1 is 1.13 bits per heavy atom.